The first-order valence-corrected chi connectivity index (χ1v) is 26.3. The van der Waals surface area contributed by atoms with Crippen LogP contribution in [0.2, 0.25) is 0 Å². The number of carbonyl (C=O) groups excluding carboxylic acids is 3. The molecule has 0 fully saturated rings. The van der Waals surface area contributed by atoms with Crippen LogP contribution >= 0.6 is 0 Å². The van der Waals surface area contributed by atoms with Crippen molar-refractivity contribution in [1.29, 1.82) is 0 Å². The zero-order valence-electron chi connectivity index (χ0n) is 40.4. The molecule has 350 valence electrons. The Labute approximate surface area is 368 Å². The smallest absolute Gasteiger partial charge is 0.306 e. The molecular weight excluding hydrogens is 733 g/mol. The van der Waals surface area contributed by atoms with Gasteiger partial charge in [-0.25, -0.2) is 0 Å². The van der Waals surface area contributed by atoms with Crippen LogP contribution in [0.4, 0.5) is 0 Å². The van der Waals surface area contributed by atoms with Gasteiger partial charge in [-0.3, -0.25) is 14.4 Å². The molecule has 0 N–H and O–H groups in total. The third-order valence-corrected chi connectivity index (χ3v) is 12.7. The third-order valence-electron chi connectivity index (χ3n) is 12.7. The topological polar surface area (TPSA) is 78.9 Å². The monoisotopic (exact) mass is 835 g/mol. The first kappa shape index (κ1) is 57.4. The highest BCUT2D eigenvalue weighted by atomic mass is 16.6. The van der Waals surface area contributed by atoms with Crippen molar-refractivity contribution in [3.63, 3.8) is 0 Å². The van der Waals surface area contributed by atoms with Gasteiger partial charge in [0.15, 0.2) is 6.10 Å². The summed E-state index contributed by atoms with van der Waals surface area (Å²) >= 11 is 0. The summed E-state index contributed by atoms with van der Waals surface area (Å²) in [5.74, 6) is 0.901. The standard InChI is InChI=1S/C53H102O6/c1-6-9-10-11-26-35-40-45-53(56)59-50(47-58-52(55)44-39-34-30-25-24-28-32-37-42-49(5)8-3)46-57-51(54)43-38-33-29-23-21-19-17-15-13-12-14-16-18-20-22-27-31-36-41-48(4)7-2/h48-50H,6-47H2,1-5H3/t48?,49?,50-/m0/s1. The van der Waals surface area contributed by atoms with E-state index in [-0.39, 0.29) is 31.1 Å². The quantitative estimate of drug-likeness (QED) is 0.0345. The fourth-order valence-electron chi connectivity index (χ4n) is 7.93. The highest BCUT2D eigenvalue weighted by molar-refractivity contribution is 5.71. The fourth-order valence-corrected chi connectivity index (χ4v) is 7.93. The highest BCUT2D eigenvalue weighted by Crippen LogP contribution is 2.18. The van der Waals surface area contributed by atoms with Gasteiger partial charge in [-0.1, -0.05) is 253 Å². The molecule has 0 rings (SSSR count). The summed E-state index contributed by atoms with van der Waals surface area (Å²) in [6.45, 7) is 11.4. The van der Waals surface area contributed by atoms with Gasteiger partial charge in [0.2, 0.25) is 0 Å². The maximum absolute atomic E-state index is 12.7. The molecule has 0 aliphatic heterocycles. The van der Waals surface area contributed by atoms with E-state index in [1.165, 1.54) is 180 Å². The number of esters is 3. The van der Waals surface area contributed by atoms with Crippen molar-refractivity contribution in [1.82, 2.24) is 0 Å². The van der Waals surface area contributed by atoms with E-state index in [2.05, 4.69) is 34.6 Å². The lowest BCUT2D eigenvalue weighted by atomic mass is 9.99. The van der Waals surface area contributed by atoms with Gasteiger partial charge in [0.05, 0.1) is 0 Å². The van der Waals surface area contributed by atoms with E-state index >= 15 is 0 Å². The van der Waals surface area contributed by atoms with Crippen LogP contribution in [-0.2, 0) is 28.6 Å². The molecule has 0 aromatic rings. The molecule has 0 heterocycles. The van der Waals surface area contributed by atoms with E-state index in [0.717, 1.165) is 69.6 Å². The zero-order valence-corrected chi connectivity index (χ0v) is 40.4. The van der Waals surface area contributed by atoms with E-state index in [1.54, 1.807) is 0 Å². The molecule has 6 heteroatoms. The molecule has 3 atom stereocenters. The first-order chi connectivity index (χ1) is 28.8. The Morgan fingerprint density at radius 1 is 0.339 bits per heavy atom. The number of unbranched alkanes of at least 4 members (excludes halogenated alkanes) is 30. The third kappa shape index (κ3) is 44.3. The molecule has 2 unspecified atom stereocenters. The molecule has 0 spiro atoms. The summed E-state index contributed by atoms with van der Waals surface area (Å²) in [6, 6.07) is 0. The Bertz CT molecular complexity index is 904. The number of rotatable bonds is 47. The molecule has 0 bridgehead atoms. The maximum atomic E-state index is 12.7. The minimum Gasteiger partial charge on any atom is -0.462 e. The van der Waals surface area contributed by atoms with Gasteiger partial charge in [0.1, 0.15) is 13.2 Å². The predicted molar refractivity (Wildman–Crippen MR) is 252 cm³/mol. The van der Waals surface area contributed by atoms with Crippen LogP contribution in [-0.4, -0.2) is 37.2 Å². The lowest BCUT2D eigenvalue weighted by Crippen LogP contribution is -2.30. The van der Waals surface area contributed by atoms with Gasteiger partial charge >= 0.3 is 17.9 Å². The molecule has 0 aromatic carbocycles. The molecule has 0 aliphatic carbocycles. The Balaban J connectivity index is 4.09. The first-order valence-electron chi connectivity index (χ1n) is 26.3. The van der Waals surface area contributed by atoms with Crippen molar-refractivity contribution in [3.05, 3.63) is 0 Å². The van der Waals surface area contributed by atoms with Crippen LogP contribution < -0.4 is 0 Å². The second kappa shape index (κ2) is 45.9. The summed E-state index contributed by atoms with van der Waals surface area (Å²) in [5, 5.41) is 0. The average molecular weight is 835 g/mol. The highest BCUT2D eigenvalue weighted by Gasteiger charge is 2.19. The van der Waals surface area contributed by atoms with Crippen molar-refractivity contribution in [2.45, 2.75) is 298 Å². The molecule has 0 saturated carbocycles. The number of ether oxygens (including phenoxy) is 3. The van der Waals surface area contributed by atoms with Crippen LogP contribution in [0.5, 0.6) is 0 Å². The lowest BCUT2D eigenvalue weighted by molar-refractivity contribution is -0.167. The largest absolute Gasteiger partial charge is 0.462 e. The Hall–Kier alpha value is -1.59. The van der Waals surface area contributed by atoms with E-state index < -0.39 is 6.10 Å². The number of carbonyl (C=O) groups is 3. The molecule has 0 radical (unpaired) electrons. The zero-order chi connectivity index (χ0) is 43.3. The van der Waals surface area contributed by atoms with Gasteiger partial charge in [0.25, 0.3) is 0 Å². The molecule has 0 aliphatic rings. The fraction of sp³-hybridized carbons (Fsp3) is 0.943. The molecule has 59 heavy (non-hydrogen) atoms. The summed E-state index contributed by atoms with van der Waals surface area (Å²) in [7, 11) is 0. The van der Waals surface area contributed by atoms with Crippen LogP contribution in [0.25, 0.3) is 0 Å². The normalized spacial score (nSPS) is 13.0. The van der Waals surface area contributed by atoms with Crippen LogP contribution in [0.15, 0.2) is 0 Å². The van der Waals surface area contributed by atoms with E-state index in [0.29, 0.717) is 19.3 Å². The number of hydrogen-bond acceptors (Lipinski definition) is 6. The van der Waals surface area contributed by atoms with Crippen molar-refractivity contribution in [2.75, 3.05) is 13.2 Å². The molecule has 6 nitrogen and oxygen atoms in total. The van der Waals surface area contributed by atoms with Gasteiger partial charge < -0.3 is 14.2 Å². The number of hydrogen-bond donors (Lipinski definition) is 0. The van der Waals surface area contributed by atoms with Crippen LogP contribution in [0.3, 0.4) is 0 Å². The van der Waals surface area contributed by atoms with Gasteiger partial charge in [-0.05, 0) is 31.1 Å². The molecule has 0 amide bonds. The van der Waals surface area contributed by atoms with Crippen molar-refractivity contribution in [2.24, 2.45) is 11.8 Å². The predicted octanol–water partition coefficient (Wildman–Crippen LogP) is 16.9. The second-order valence-corrected chi connectivity index (χ2v) is 18.6. The van der Waals surface area contributed by atoms with Gasteiger partial charge in [-0.2, -0.15) is 0 Å². The Morgan fingerprint density at radius 3 is 0.881 bits per heavy atom. The summed E-state index contributed by atoms with van der Waals surface area (Å²) in [4.78, 5) is 37.7. The van der Waals surface area contributed by atoms with Gasteiger partial charge in [0, 0.05) is 19.3 Å². The van der Waals surface area contributed by atoms with Crippen LogP contribution in [0, 0.1) is 11.8 Å². The van der Waals surface area contributed by atoms with Gasteiger partial charge in [-0.15, -0.1) is 0 Å². The average Bonchev–Trinajstić information content (AvgIpc) is 3.23. The van der Waals surface area contributed by atoms with E-state index in [9.17, 15) is 14.4 Å². The van der Waals surface area contributed by atoms with Crippen molar-refractivity contribution < 1.29 is 28.6 Å². The molecular formula is C53H102O6. The minimum atomic E-state index is -0.760. The maximum Gasteiger partial charge on any atom is 0.306 e. The molecule has 0 aromatic heterocycles. The Morgan fingerprint density at radius 2 is 0.593 bits per heavy atom. The Kier molecular flexibility index (Phi) is 44.7. The minimum absolute atomic E-state index is 0.0645. The van der Waals surface area contributed by atoms with Crippen molar-refractivity contribution >= 4 is 17.9 Å². The SMILES string of the molecule is CCCCCCCCCC(=O)O[C@@H](COC(=O)CCCCCCCCCCCCCCCCCCCCC(C)CC)COC(=O)CCCCCCCCCCC(C)CC. The second-order valence-electron chi connectivity index (χ2n) is 18.6. The molecule has 0 saturated heterocycles. The summed E-state index contributed by atoms with van der Waals surface area (Å²) in [6.07, 6.45) is 46.7. The lowest BCUT2D eigenvalue weighted by Gasteiger charge is -2.18. The van der Waals surface area contributed by atoms with E-state index in [4.69, 9.17) is 14.2 Å². The van der Waals surface area contributed by atoms with E-state index in [1.807, 2.05) is 0 Å². The van der Waals surface area contributed by atoms with Crippen LogP contribution in [0.1, 0.15) is 291 Å². The summed E-state index contributed by atoms with van der Waals surface area (Å²) in [5.41, 5.74) is 0. The van der Waals surface area contributed by atoms with Crippen molar-refractivity contribution in [3.8, 4) is 0 Å². The summed E-state index contributed by atoms with van der Waals surface area (Å²) < 4.78 is 16.7.